The van der Waals surface area contributed by atoms with Crippen LogP contribution >= 0.6 is 11.6 Å². The van der Waals surface area contributed by atoms with Crippen molar-refractivity contribution in [2.75, 3.05) is 31.6 Å². The van der Waals surface area contributed by atoms with Crippen LogP contribution in [0.2, 0.25) is 5.02 Å². The summed E-state index contributed by atoms with van der Waals surface area (Å²) in [6, 6.07) is 4.87. The Kier molecular flexibility index (Phi) is 6.58. The maximum Gasteiger partial charge on any atom is 0.255 e. The molecular formula is C17H21ClF2N2O3. The molecule has 5 nitrogen and oxygen atoms in total. The van der Waals surface area contributed by atoms with E-state index in [9.17, 15) is 18.4 Å². The maximum absolute atomic E-state index is 12.7. The molecule has 1 aromatic carbocycles. The first-order valence-electron chi connectivity index (χ1n) is 8.08. The van der Waals surface area contributed by atoms with Crippen molar-refractivity contribution in [2.45, 2.75) is 26.2 Å². The summed E-state index contributed by atoms with van der Waals surface area (Å²) in [4.78, 5) is 27.5. The summed E-state index contributed by atoms with van der Waals surface area (Å²) in [5.74, 6) is -0.864. The summed E-state index contributed by atoms with van der Waals surface area (Å²) in [5, 5.41) is 0.434. The number of hydrogen-bond acceptors (Lipinski definition) is 3. The van der Waals surface area contributed by atoms with Crippen molar-refractivity contribution in [3.05, 3.63) is 23.2 Å². The molecule has 1 aliphatic heterocycles. The lowest BCUT2D eigenvalue weighted by Crippen LogP contribution is -2.40. The SMILES string of the molecule is CCCN(CC(F)F)C(=O)C1CC(=O)N(c2cc(Cl)ccc2OC)C1. The van der Waals surface area contributed by atoms with E-state index in [1.54, 1.807) is 18.2 Å². The second-order valence-corrected chi connectivity index (χ2v) is 6.33. The summed E-state index contributed by atoms with van der Waals surface area (Å²) in [7, 11) is 1.47. The van der Waals surface area contributed by atoms with E-state index in [0.29, 0.717) is 22.9 Å². The molecule has 0 aromatic heterocycles. The van der Waals surface area contributed by atoms with Crippen LogP contribution in [0.4, 0.5) is 14.5 Å². The molecule has 0 radical (unpaired) electrons. The predicted octanol–water partition coefficient (Wildman–Crippen LogP) is 3.21. The number of alkyl halides is 2. The minimum atomic E-state index is -2.60. The molecule has 8 heteroatoms. The minimum absolute atomic E-state index is 0.0159. The van der Waals surface area contributed by atoms with E-state index in [0.717, 1.165) is 4.90 Å². The molecule has 1 aromatic rings. The highest BCUT2D eigenvalue weighted by molar-refractivity contribution is 6.31. The highest BCUT2D eigenvalue weighted by atomic mass is 35.5. The molecule has 1 unspecified atom stereocenters. The molecule has 0 spiro atoms. The lowest BCUT2D eigenvalue weighted by Gasteiger charge is -2.25. The third-order valence-electron chi connectivity index (χ3n) is 4.07. The zero-order chi connectivity index (χ0) is 18.6. The van der Waals surface area contributed by atoms with Crippen molar-refractivity contribution in [2.24, 2.45) is 5.92 Å². The molecular weight excluding hydrogens is 354 g/mol. The lowest BCUT2D eigenvalue weighted by atomic mass is 10.1. The van der Waals surface area contributed by atoms with Crippen molar-refractivity contribution < 1.29 is 23.1 Å². The van der Waals surface area contributed by atoms with Crippen molar-refractivity contribution >= 4 is 29.1 Å². The summed E-state index contributed by atoms with van der Waals surface area (Å²) in [6.45, 7) is 1.57. The van der Waals surface area contributed by atoms with Gasteiger partial charge in [0, 0.05) is 24.5 Å². The smallest absolute Gasteiger partial charge is 0.255 e. The van der Waals surface area contributed by atoms with Crippen LogP contribution in [0.5, 0.6) is 5.75 Å². The van der Waals surface area contributed by atoms with Crippen LogP contribution in [-0.4, -0.2) is 49.9 Å². The minimum Gasteiger partial charge on any atom is -0.495 e. The number of hydrogen-bond donors (Lipinski definition) is 0. The van der Waals surface area contributed by atoms with Gasteiger partial charge in [-0.25, -0.2) is 8.78 Å². The fourth-order valence-corrected chi connectivity index (χ4v) is 3.13. The number of carbonyl (C=O) groups excluding carboxylic acids is 2. The molecule has 0 N–H and O–H groups in total. The summed E-state index contributed by atoms with van der Waals surface area (Å²) in [6.07, 6.45) is -2.04. The van der Waals surface area contributed by atoms with Crippen LogP contribution in [0, 0.1) is 5.92 Å². The summed E-state index contributed by atoms with van der Waals surface area (Å²) in [5.41, 5.74) is 0.478. The molecule has 1 atom stereocenters. The van der Waals surface area contributed by atoms with E-state index in [1.165, 1.54) is 12.0 Å². The molecule has 2 rings (SSSR count). The lowest BCUT2D eigenvalue weighted by molar-refractivity contribution is -0.137. The van der Waals surface area contributed by atoms with Gasteiger partial charge in [0.05, 0.1) is 25.3 Å². The molecule has 1 aliphatic rings. The van der Waals surface area contributed by atoms with Crippen LogP contribution < -0.4 is 9.64 Å². The molecule has 2 amide bonds. The number of halogens is 3. The van der Waals surface area contributed by atoms with Crippen LogP contribution in [0.3, 0.4) is 0 Å². The van der Waals surface area contributed by atoms with Gasteiger partial charge in [-0.1, -0.05) is 18.5 Å². The standard InChI is InChI=1S/C17H21ClF2N2O3/c1-3-6-21(10-15(19)20)17(24)11-7-16(23)22(9-11)13-8-12(18)4-5-14(13)25-2/h4-5,8,11,15H,3,6-7,9-10H2,1-2H3. The monoisotopic (exact) mass is 374 g/mol. The van der Waals surface area contributed by atoms with Crippen molar-refractivity contribution in [1.82, 2.24) is 4.90 Å². The number of ether oxygens (including phenoxy) is 1. The van der Waals surface area contributed by atoms with Crippen LogP contribution in [0.15, 0.2) is 18.2 Å². The van der Waals surface area contributed by atoms with Crippen LogP contribution in [-0.2, 0) is 9.59 Å². The zero-order valence-electron chi connectivity index (χ0n) is 14.2. The number of nitrogens with zero attached hydrogens (tertiary/aromatic N) is 2. The van der Waals surface area contributed by atoms with Gasteiger partial charge in [-0.15, -0.1) is 0 Å². The quantitative estimate of drug-likeness (QED) is 0.736. The number of anilines is 1. The topological polar surface area (TPSA) is 49.9 Å². The fourth-order valence-electron chi connectivity index (χ4n) is 2.97. The summed E-state index contributed by atoms with van der Waals surface area (Å²) >= 11 is 6.00. The van der Waals surface area contributed by atoms with E-state index in [1.807, 2.05) is 6.92 Å². The molecule has 0 aliphatic carbocycles. The Balaban J connectivity index is 2.19. The van der Waals surface area contributed by atoms with Gasteiger partial charge in [0.15, 0.2) is 0 Å². The second-order valence-electron chi connectivity index (χ2n) is 5.90. The average molecular weight is 375 g/mol. The maximum atomic E-state index is 12.7. The molecule has 0 bridgehead atoms. The highest BCUT2D eigenvalue weighted by Gasteiger charge is 2.38. The number of methoxy groups -OCH3 is 1. The van der Waals surface area contributed by atoms with Crippen molar-refractivity contribution in [1.29, 1.82) is 0 Å². The average Bonchev–Trinajstić information content (AvgIpc) is 2.95. The van der Waals surface area contributed by atoms with Gasteiger partial charge in [0.25, 0.3) is 6.43 Å². The first-order chi connectivity index (χ1) is 11.9. The van der Waals surface area contributed by atoms with E-state index < -0.39 is 24.8 Å². The predicted molar refractivity (Wildman–Crippen MR) is 91.3 cm³/mol. The zero-order valence-corrected chi connectivity index (χ0v) is 14.9. The first-order valence-corrected chi connectivity index (χ1v) is 8.46. The van der Waals surface area contributed by atoms with Crippen LogP contribution in [0.25, 0.3) is 0 Å². The third-order valence-corrected chi connectivity index (χ3v) is 4.30. The van der Waals surface area contributed by atoms with Gasteiger partial charge < -0.3 is 14.5 Å². The van der Waals surface area contributed by atoms with Crippen molar-refractivity contribution in [3.8, 4) is 5.75 Å². The Morgan fingerprint density at radius 3 is 2.80 bits per heavy atom. The van der Waals surface area contributed by atoms with E-state index in [-0.39, 0.29) is 25.4 Å². The Bertz CT molecular complexity index is 642. The van der Waals surface area contributed by atoms with Gasteiger partial charge in [-0.05, 0) is 24.6 Å². The molecule has 1 saturated heterocycles. The molecule has 25 heavy (non-hydrogen) atoms. The molecule has 0 saturated carbocycles. The third kappa shape index (κ3) is 4.60. The summed E-state index contributed by atoms with van der Waals surface area (Å²) < 4.78 is 30.7. The first kappa shape index (κ1) is 19.4. The van der Waals surface area contributed by atoms with Gasteiger partial charge in [0.1, 0.15) is 5.75 Å². The fraction of sp³-hybridized carbons (Fsp3) is 0.529. The van der Waals surface area contributed by atoms with Gasteiger partial charge >= 0.3 is 0 Å². The second kappa shape index (κ2) is 8.47. The van der Waals surface area contributed by atoms with Crippen LogP contribution in [0.1, 0.15) is 19.8 Å². The van der Waals surface area contributed by atoms with Crippen molar-refractivity contribution in [3.63, 3.8) is 0 Å². The van der Waals surface area contributed by atoms with Gasteiger partial charge in [0.2, 0.25) is 11.8 Å². The van der Waals surface area contributed by atoms with Gasteiger partial charge in [-0.3, -0.25) is 9.59 Å². The Labute approximate surface area is 150 Å². The van der Waals surface area contributed by atoms with E-state index in [2.05, 4.69) is 0 Å². The molecule has 138 valence electrons. The number of amides is 2. The Morgan fingerprint density at radius 1 is 1.48 bits per heavy atom. The Hall–Kier alpha value is -1.89. The number of carbonyl (C=O) groups is 2. The molecule has 1 fully saturated rings. The van der Waals surface area contributed by atoms with E-state index >= 15 is 0 Å². The van der Waals surface area contributed by atoms with Gasteiger partial charge in [-0.2, -0.15) is 0 Å². The highest BCUT2D eigenvalue weighted by Crippen LogP contribution is 2.35. The van der Waals surface area contributed by atoms with E-state index in [4.69, 9.17) is 16.3 Å². The number of rotatable bonds is 7. The number of benzene rings is 1. The Morgan fingerprint density at radius 2 is 2.20 bits per heavy atom. The molecule has 1 heterocycles. The normalized spacial score (nSPS) is 17.3. The largest absolute Gasteiger partial charge is 0.495 e.